The predicted molar refractivity (Wildman–Crippen MR) is 96.2 cm³/mol. The molecule has 0 heterocycles. The third kappa shape index (κ3) is 4.97. The van der Waals surface area contributed by atoms with Crippen LogP contribution in [-0.4, -0.2) is 18.4 Å². The first kappa shape index (κ1) is 18.3. The maximum atomic E-state index is 12.0. The van der Waals surface area contributed by atoms with Gasteiger partial charge >= 0.3 is 0 Å². The third-order valence-electron chi connectivity index (χ3n) is 3.25. The molecule has 0 radical (unpaired) electrons. The van der Waals surface area contributed by atoms with Crippen molar-refractivity contribution < 1.29 is 14.3 Å². The Kier molecular flexibility index (Phi) is 6.23. The molecule has 0 unspecified atom stereocenters. The van der Waals surface area contributed by atoms with Crippen LogP contribution in [0.5, 0.6) is 5.75 Å². The van der Waals surface area contributed by atoms with Crippen molar-refractivity contribution in [1.29, 1.82) is 0 Å². The number of nitrogens with one attached hydrogen (secondary N) is 2. The van der Waals surface area contributed by atoms with Gasteiger partial charge in [0.2, 0.25) is 0 Å². The molecule has 2 amide bonds. The molecular formula is C17H16BrClN2O3. The van der Waals surface area contributed by atoms with Crippen LogP contribution in [0.3, 0.4) is 0 Å². The van der Waals surface area contributed by atoms with Gasteiger partial charge in [-0.3, -0.25) is 20.4 Å². The molecule has 0 aliphatic rings. The van der Waals surface area contributed by atoms with Gasteiger partial charge in [-0.05, 0) is 55.3 Å². The van der Waals surface area contributed by atoms with Crippen molar-refractivity contribution in [2.24, 2.45) is 0 Å². The summed E-state index contributed by atoms with van der Waals surface area (Å²) in [6.07, 6.45) is 0. The topological polar surface area (TPSA) is 67.4 Å². The Morgan fingerprint density at radius 3 is 2.50 bits per heavy atom. The van der Waals surface area contributed by atoms with E-state index in [2.05, 4.69) is 26.8 Å². The summed E-state index contributed by atoms with van der Waals surface area (Å²) in [4.78, 5) is 23.7. The highest BCUT2D eigenvalue weighted by Gasteiger charge is 2.09. The van der Waals surface area contributed by atoms with E-state index < -0.39 is 11.8 Å². The predicted octanol–water partition coefficient (Wildman–Crippen LogP) is 3.56. The average Bonchev–Trinajstić information content (AvgIpc) is 2.56. The molecule has 24 heavy (non-hydrogen) atoms. The average molecular weight is 412 g/mol. The lowest BCUT2D eigenvalue weighted by Crippen LogP contribution is -2.43. The highest BCUT2D eigenvalue weighted by atomic mass is 79.9. The Morgan fingerprint density at radius 1 is 1.08 bits per heavy atom. The molecule has 2 N–H and O–H groups in total. The van der Waals surface area contributed by atoms with Crippen LogP contribution in [0.1, 0.15) is 21.5 Å². The molecular weight excluding hydrogens is 396 g/mol. The zero-order chi connectivity index (χ0) is 17.7. The number of carbonyl (C=O) groups is 2. The molecule has 2 rings (SSSR count). The fraction of sp³-hybridized carbons (Fsp3) is 0.176. The molecule has 0 atom stereocenters. The number of ether oxygens (including phenoxy) is 1. The molecule has 7 heteroatoms. The van der Waals surface area contributed by atoms with Crippen LogP contribution in [0, 0.1) is 13.8 Å². The van der Waals surface area contributed by atoms with Gasteiger partial charge in [0.15, 0.2) is 6.61 Å². The number of hydrogen-bond donors (Lipinski definition) is 2. The minimum atomic E-state index is -0.470. The van der Waals surface area contributed by atoms with Crippen LogP contribution in [-0.2, 0) is 4.79 Å². The van der Waals surface area contributed by atoms with E-state index in [1.54, 1.807) is 30.3 Å². The van der Waals surface area contributed by atoms with E-state index in [4.69, 9.17) is 16.3 Å². The fourth-order valence-electron chi connectivity index (χ4n) is 1.82. The first-order valence-electron chi connectivity index (χ1n) is 7.11. The number of carbonyl (C=O) groups excluding carboxylic acids is 2. The summed E-state index contributed by atoms with van der Waals surface area (Å²) in [7, 11) is 0. The summed E-state index contributed by atoms with van der Waals surface area (Å²) in [5.41, 5.74) is 6.95. The van der Waals surface area contributed by atoms with Crippen LogP contribution in [0.25, 0.3) is 0 Å². The van der Waals surface area contributed by atoms with Crippen molar-refractivity contribution in [2.75, 3.05) is 6.61 Å². The zero-order valence-corrected chi connectivity index (χ0v) is 15.5. The van der Waals surface area contributed by atoms with Crippen molar-refractivity contribution in [2.45, 2.75) is 13.8 Å². The van der Waals surface area contributed by atoms with Gasteiger partial charge in [-0.2, -0.15) is 0 Å². The van der Waals surface area contributed by atoms with Gasteiger partial charge in [-0.15, -0.1) is 0 Å². The number of amides is 2. The van der Waals surface area contributed by atoms with Gasteiger partial charge in [-0.1, -0.05) is 33.6 Å². The Labute approximate surface area is 153 Å². The van der Waals surface area contributed by atoms with Crippen LogP contribution in [0.15, 0.2) is 40.9 Å². The van der Waals surface area contributed by atoms with Gasteiger partial charge < -0.3 is 4.74 Å². The summed E-state index contributed by atoms with van der Waals surface area (Å²) in [5, 5.41) is 0.628. The summed E-state index contributed by atoms with van der Waals surface area (Å²) in [5.74, 6) is -0.352. The number of halogens is 2. The molecule has 0 saturated carbocycles. The number of aryl methyl sites for hydroxylation is 2. The number of rotatable bonds is 4. The van der Waals surface area contributed by atoms with E-state index in [-0.39, 0.29) is 6.61 Å². The standard InChI is InChI=1S/C17H16BrClN2O3/c1-10-3-4-12(8-14(10)18)17(23)21-20-16(22)9-24-13-5-6-15(19)11(2)7-13/h3-8H,9H2,1-2H3,(H,20,22)(H,21,23). The second-order valence-corrected chi connectivity index (χ2v) is 6.43. The molecule has 0 saturated heterocycles. The van der Waals surface area contributed by atoms with Crippen molar-refractivity contribution in [3.63, 3.8) is 0 Å². The lowest BCUT2D eigenvalue weighted by molar-refractivity contribution is -0.123. The van der Waals surface area contributed by atoms with Crippen molar-refractivity contribution in [3.05, 3.63) is 62.6 Å². The Bertz CT molecular complexity index is 780. The normalized spacial score (nSPS) is 10.2. The minimum absolute atomic E-state index is 0.223. The Balaban J connectivity index is 1.83. The maximum absolute atomic E-state index is 12.0. The summed E-state index contributed by atoms with van der Waals surface area (Å²) >= 11 is 9.28. The molecule has 0 aliphatic carbocycles. The molecule has 0 bridgehead atoms. The molecule has 0 aliphatic heterocycles. The maximum Gasteiger partial charge on any atom is 0.276 e. The summed E-state index contributed by atoms with van der Waals surface area (Å²) < 4.78 is 6.17. The van der Waals surface area contributed by atoms with E-state index in [9.17, 15) is 9.59 Å². The first-order valence-corrected chi connectivity index (χ1v) is 8.28. The Morgan fingerprint density at radius 2 is 1.83 bits per heavy atom. The smallest absolute Gasteiger partial charge is 0.276 e. The van der Waals surface area contributed by atoms with E-state index in [0.717, 1.165) is 15.6 Å². The van der Waals surface area contributed by atoms with Gasteiger partial charge in [0.25, 0.3) is 11.8 Å². The van der Waals surface area contributed by atoms with Crippen molar-refractivity contribution in [3.8, 4) is 5.75 Å². The second-order valence-electron chi connectivity index (χ2n) is 5.17. The number of hydrazine groups is 1. The van der Waals surface area contributed by atoms with Gasteiger partial charge in [0.05, 0.1) is 0 Å². The van der Waals surface area contributed by atoms with Crippen LogP contribution in [0.4, 0.5) is 0 Å². The van der Waals surface area contributed by atoms with Gasteiger partial charge in [-0.25, -0.2) is 0 Å². The molecule has 0 fully saturated rings. The SMILES string of the molecule is Cc1cc(OCC(=O)NNC(=O)c2ccc(C)c(Br)c2)ccc1Cl. The molecule has 2 aromatic rings. The van der Waals surface area contributed by atoms with E-state index >= 15 is 0 Å². The summed E-state index contributed by atoms with van der Waals surface area (Å²) in [6.45, 7) is 3.54. The molecule has 0 aromatic heterocycles. The van der Waals surface area contributed by atoms with E-state index in [1.807, 2.05) is 19.9 Å². The monoisotopic (exact) mass is 410 g/mol. The first-order chi connectivity index (χ1) is 11.4. The third-order valence-corrected chi connectivity index (χ3v) is 4.53. The second kappa shape index (κ2) is 8.17. The number of benzene rings is 2. The lowest BCUT2D eigenvalue weighted by Gasteiger charge is -2.10. The number of hydrogen-bond acceptors (Lipinski definition) is 3. The van der Waals surface area contributed by atoms with Crippen LogP contribution in [0.2, 0.25) is 5.02 Å². The van der Waals surface area contributed by atoms with Crippen LogP contribution < -0.4 is 15.6 Å². The quantitative estimate of drug-likeness (QED) is 0.756. The van der Waals surface area contributed by atoms with Gasteiger partial charge in [0.1, 0.15) is 5.75 Å². The highest BCUT2D eigenvalue weighted by Crippen LogP contribution is 2.21. The fourth-order valence-corrected chi connectivity index (χ4v) is 2.32. The zero-order valence-electron chi connectivity index (χ0n) is 13.2. The molecule has 0 spiro atoms. The Hall–Kier alpha value is -2.05. The van der Waals surface area contributed by atoms with Crippen LogP contribution >= 0.6 is 27.5 Å². The minimum Gasteiger partial charge on any atom is -0.484 e. The largest absolute Gasteiger partial charge is 0.484 e. The van der Waals surface area contributed by atoms with Gasteiger partial charge in [0, 0.05) is 15.1 Å². The molecule has 2 aromatic carbocycles. The van der Waals surface area contributed by atoms with E-state index in [1.165, 1.54) is 0 Å². The van der Waals surface area contributed by atoms with Crippen molar-refractivity contribution >= 4 is 39.3 Å². The van der Waals surface area contributed by atoms with Crippen molar-refractivity contribution in [1.82, 2.24) is 10.9 Å². The lowest BCUT2D eigenvalue weighted by atomic mass is 10.1. The molecule has 5 nitrogen and oxygen atoms in total. The highest BCUT2D eigenvalue weighted by molar-refractivity contribution is 9.10. The summed E-state index contributed by atoms with van der Waals surface area (Å²) in [6, 6.07) is 10.3. The van der Waals surface area contributed by atoms with E-state index in [0.29, 0.717) is 16.3 Å². The molecule has 126 valence electrons.